The molecule has 1 aliphatic heterocycles. The lowest BCUT2D eigenvalue weighted by atomic mass is 10.5. The molecule has 1 saturated heterocycles. The minimum Gasteiger partial charge on any atom is -0.382 e. The van der Waals surface area contributed by atoms with E-state index in [9.17, 15) is 0 Å². The van der Waals surface area contributed by atoms with Gasteiger partial charge >= 0.3 is 0 Å². The highest BCUT2D eigenvalue weighted by Gasteiger charge is 2.16. The number of rotatable bonds is 1. The van der Waals surface area contributed by atoms with E-state index in [2.05, 4.69) is 9.88 Å². The lowest BCUT2D eigenvalue weighted by Crippen LogP contribution is -2.36. The van der Waals surface area contributed by atoms with Crippen LogP contribution in [0.4, 0.5) is 10.9 Å². The van der Waals surface area contributed by atoms with E-state index >= 15 is 0 Å². The molecule has 0 atom stereocenters. The van der Waals surface area contributed by atoms with Crippen molar-refractivity contribution in [1.82, 2.24) is 4.98 Å². The number of nitrogen functional groups attached to an aromatic ring is 1. The summed E-state index contributed by atoms with van der Waals surface area (Å²) in [5.74, 6) is 0.332. The molecule has 1 fully saturated rings. The van der Waals surface area contributed by atoms with Gasteiger partial charge in [-0.25, -0.2) is 4.98 Å². The van der Waals surface area contributed by atoms with Gasteiger partial charge in [0.15, 0.2) is 10.9 Å². The minimum absolute atomic E-state index is 0.332. The normalized spacial score (nSPS) is 16.6. The van der Waals surface area contributed by atoms with Crippen molar-refractivity contribution < 1.29 is 4.74 Å². The van der Waals surface area contributed by atoms with E-state index in [0.717, 1.165) is 18.2 Å². The predicted molar refractivity (Wildman–Crippen MR) is 54.3 cm³/mol. The molecule has 1 aromatic heterocycles. The Morgan fingerprint density at radius 2 is 2.21 bits per heavy atom. The Hall–Kier alpha value is -1.32. The maximum absolute atomic E-state index is 8.73. The Morgan fingerprint density at radius 3 is 2.79 bits per heavy atom. The molecule has 6 heteroatoms. The lowest BCUT2D eigenvalue weighted by molar-refractivity contribution is 0.122. The van der Waals surface area contributed by atoms with Gasteiger partial charge in [0.25, 0.3) is 0 Å². The van der Waals surface area contributed by atoms with Gasteiger partial charge in [-0.2, -0.15) is 5.26 Å². The van der Waals surface area contributed by atoms with E-state index in [4.69, 9.17) is 15.7 Å². The number of nitrogens with two attached hydrogens (primary N) is 1. The zero-order valence-corrected chi connectivity index (χ0v) is 8.38. The number of aromatic nitrogens is 1. The lowest BCUT2D eigenvalue weighted by Gasteiger charge is -2.25. The Balaban J connectivity index is 2.19. The van der Waals surface area contributed by atoms with Crippen LogP contribution < -0.4 is 10.6 Å². The average Bonchev–Trinajstić information content (AvgIpc) is 2.61. The quantitative estimate of drug-likeness (QED) is 0.727. The van der Waals surface area contributed by atoms with Crippen molar-refractivity contribution >= 4 is 22.3 Å². The van der Waals surface area contributed by atoms with Crippen LogP contribution in [0.1, 0.15) is 4.88 Å². The largest absolute Gasteiger partial charge is 0.382 e. The monoisotopic (exact) mass is 210 g/mol. The summed E-state index contributed by atoms with van der Waals surface area (Å²) in [6.07, 6.45) is 0. The third kappa shape index (κ3) is 1.64. The summed E-state index contributed by atoms with van der Waals surface area (Å²) in [5, 5.41) is 9.55. The second-order valence-corrected chi connectivity index (χ2v) is 3.90. The second kappa shape index (κ2) is 3.82. The van der Waals surface area contributed by atoms with E-state index in [1.807, 2.05) is 6.07 Å². The maximum Gasteiger partial charge on any atom is 0.188 e. The molecule has 2 rings (SSSR count). The summed E-state index contributed by atoms with van der Waals surface area (Å²) in [7, 11) is 0. The van der Waals surface area contributed by atoms with Crippen molar-refractivity contribution in [3.63, 3.8) is 0 Å². The fourth-order valence-corrected chi connectivity index (χ4v) is 2.12. The third-order valence-corrected chi connectivity index (χ3v) is 3.06. The molecule has 0 spiro atoms. The second-order valence-electron chi connectivity index (χ2n) is 2.92. The van der Waals surface area contributed by atoms with Crippen LogP contribution in [0.15, 0.2) is 0 Å². The highest BCUT2D eigenvalue weighted by atomic mass is 32.1. The van der Waals surface area contributed by atoms with Crippen molar-refractivity contribution in [2.45, 2.75) is 0 Å². The van der Waals surface area contributed by atoms with Gasteiger partial charge in [-0.15, -0.1) is 0 Å². The van der Waals surface area contributed by atoms with E-state index in [-0.39, 0.29) is 0 Å². The van der Waals surface area contributed by atoms with Crippen molar-refractivity contribution in [2.75, 3.05) is 36.9 Å². The number of ether oxygens (including phenoxy) is 1. The van der Waals surface area contributed by atoms with Crippen LogP contribution in [-0.4, -0.2) is 31.3 Å². The number of morpholine rings is 1. The summed E-state index contributed by atoms with van der Waals surface area (Å²) in [6.45, 7) is 3.05. The molecule has 2 N–H and O–H groups in total. The van der Waals surface area contributed by atoms with Crippen molar-refractivity contribution in [1.29, 1.82) is 5.26 Å². The predicted octanol–water partition coefficient (Wildman–Crippen LogP) is 0.434. The van der Waals surface area contributed by atoms with E-state index < -0.39 is 0 Å². The van der Waals surface area contributed by atoms with E-state index in [1.54, 1.807) is 0 Å². The van der Waals surface area contributed by atoms with Crippen LogP contribution in [0, 0.1) is 11.3 Å². The van der Waals surface area contributed by atoms with Crippen molar-refractivity contribution in [3.05, 3.63) is 4.88 Å². The smallest absolute Gasteiger partial charge is 0.188 e. The highest BCUT2D eigenvalue weighted by Crippen LogP contribution is 2.27. The molecule has 5 nitrogen and oxygen atoms in total. The van der Waals surface area contributed by atoms with Gasteiger partial charge in [0.05, 0.1) is 13.2 Å². The topological polar surface area (TPSA) is 75.2 Å². The fraction of sp³-hybridized carbons (Fsp3) is 0.500. The molecule has 0 aromatic carbocycles. The number of thiazole rings is 1. The number of nitrogens with zero attached hydrogens (tertiary/aromatic N) is 3. The molecule has 2 heterocycles. The maximum atomic E-state index is 8.73. The first-order valence-corrected chi connectivity index (χ1v) is 5.12. The number of hydrogen-bond donors (Lipinski definition) is 1. The molecular formula is C8H10N4OS. The number of hydrogen-bond acceptors (Lipinski definition) is 6. The zero-order chi connectivity index (χ0) is 9.97. The van der Waals surface area contributed by atoms with E-state index in [1.165, 1.54) is 11.3 Å². The Kier molecular flexibility index (Phi) is 2.52. The van der Waals surface area contributed by atoms with Crippen molar-refractivity contribution in [2.24, 2.45) is 0 Å². The summed E-state index contributed by atoms with van der Waals surface area (Å²) in [5.41, 5.74) is 5.58. The first-order valence-electron chi connectivity index (χ1n) is 4.30. The van der Waals surface area contributed by atoms with Gasteiger partial charge in [-0.3, -0.25) is 0 Å². The first kappa shape index (κ1) is 9.24. The van der Waals surface area contributed by atoms with Crippen LogP contribution >= 0.6 is 11.3 Å². The van der Waals surface area contributed by atoms with Crippen LogP contribution in [0.2, 0.25) is 0 Å². The molecule has 74 valence electrons. The molecule has 0 saturated carbocycles. The summed E-state index contributed by atoms with van der Waals surface area (Å²) in [4.78, 5) is 6.73. The molecular weight excluding hydrogens is 200 g/mol. The molecule has 1 aromatic rings. The summed E-state index contributed by atoms with van der Waals surface area (Å²) >= 11 is 1.34. The van der Waals surface area contributed by atoms with Gasteiger partial charge in [-0.1, -0.05) is 11.3 Å². The van der Waals surface area contributed by atoms with Gasteiger partial charge < -0.3 is 15.4 Å². The standard InChI is InChI=1S/C8H10N4OS/c9-5-6-7(10)11-8(14-6)12-1-3-13-4-2-12/h1-4,10H2. The molecule has 0 amide bonds. The van der Waals surface area contributed by atoms with E-state index in [0.29, 0.717) is 23.9 Å². The van der Waals surface area contributed by atoms with Gasteiger partial charge in [0.1, 0.15) is 10.9 Å². The fourth-order valence-electron chi connectivity index (χ4n) is 1.29. The number of anilines is 2. The van der Waals surface area contributed by atoms with Gasteiger partial charge in [-0.05, 0) is 0 Å². The Labute approximate surface area is 85.7 Å². The highest BCUT2D eigenvalue weighted by molar-refractivity contribution is 7.16. The van der Waals surface area contributed by atoms with Crippen LogP contribution in [0.5, 0.6) is 0 Å². The Bertz CT molecular complexity index is 364. The van der Waals surface area contributed by atoms with Crippen LogP contribution in [0.3, 0.4) is 0 Å². The summed E-state index contributed by atoms with van der Waals surface area (Å²) < 4.78 is 5.22. The molecule has 0 unspecified atom stereocenters. The molecule has 0 radical (unpaired) electrons. The molecule has 0 bridgehead atoms. The minimum atomic E-state index is 0.332. The van der Waals surface area contributed by atoms with Crippen LogP contribution in [-0.2, 0) is 4.74 Å². The van der Waals surface area contributed by atoms with Crippen molar-refractivity contribution in [3.8, 4) is 6.07 Å². The molecule has 14 heavy (non-hydrogen) atoms. The average molecular weight is 210 g/mol. The third-order valence-electron chi connectivity index (χ3n) is 2.03. The Morgan fingerprint density at radius 1 is 1.50 bits per heavy atom. The van der Waals surface area contributed by atoms with Gasteiger partial charge in [0, 0.05) is 13.1 Å². The number of nitriles is 1. The molecule has 0 aliphatic carbocycles. The first-order chi connectivity index (χ1) is 6.81. The zero-order valence-electron chi connectivity index (χ0n) is 7.56. The SMILES string of the molecule is N#Cc1sc(N2CCOCC2)nc1N. The van der Waals surface area contributed by atoms with Gasteiger partial charge in [0.2, 0.25) is 0 Å². The molecule has 1 aliphatic rings. The van der Waals surface area contributed by atoms with Crippen LogP contribution in [0.25, 0.3) is 0 Å². The summed E-state index contributed by atoms with van der Waals surface area (Å²) in [6, 6.07) is 2.03.